The average Bonchev–Trinajstić information content (AvgIpc) is 2.90. The van der Waals surface area contributed by atoms with Gasteiger partial charge in [0.2, 0.25) is 0 Å². The highest BCUT2D eigenvalue weighted by Gasteiger charge is 2.17. The second kappa shape index (κ2) is 4.05. The molecule has 0 atom stereocenters. The molecule has 94 valence electrons. The summed E-state index contributed by atoms with van der Waals surface area (Å²) in [6.45, 7) is 1.04. The van der Waals surface area contributed by atoms with E-state index in [0.29, 0.717) is 5.78 Å². The average molecular weight is 251 g/mol. The van der Waals surface area contributed by atoms with Crippen LogP contribution >= 0.6 is 0 Å². The summed E-state index contributed by atoms with van der Waals surface area (Å²) in [6, 6.07) is 8.19. The lowest BCUT2D eigenvalue weighted by Crippen LogP contribution is -2.12. The van der Waals surface area contributed by atoms with Gasteiger partial charge in [0.05, 0.1) is 0 Å². The molecule has 1 aliphatic rings. The maximum absolute atomic E-state index is 4.30. The molecule has 2 aromatic heterocycles. The summed E-state index contributed by atoms with van der Waals surface area (Å²) in [7, 11) is 0. The van der Waals surface area contributed by atoms with Crippen molar-refractivity contribution in [3.05, 3.63) is 42.2 Å². The van der Waals surface area contributed by atoms with Crippen LogP contribution in [0.15, 0.2) is 36.7 Å². The third-order valence-corrected chi connectivity index (χ3v) is 3.52. The minimum Gasteiger partial charge on any atom is -0.385 e. The molecule has 0 amide bonds. The Hall–Kier alpha value is -2.43. The number of hydrogen-bond donors (Lipinski definition) is 1. The van der Waals surface area contributed by atoms with Gasteiger partial charge in [-0.05, 0) is 30.5 Å². The van der Waals surface area contributed by atoms with Crippen LogP contribution in [0, 0.1) is 0 Å². The normalized spacial score (nSPS) is 14.1. The molecule has 5 heteroatoms. The van der Waals surface area contributed by atoms with Crippen molar-refractivity contribution in [1.29, 1.82) is 0 Å². The molecular formula is C14H13N5. The lowest BCUT2D eigenvalue weighted by Gasteiger charge is -2.20. The Balaban J connectivity index is 1.97. The van der Waals surface area contributed by atoms with Crippen molar-refractivity contribution in [3.63, 3.8) is 0 Å². The van der Waals surface area contributed by atoms with Gasteiger partial charge in [-0.15, -0.1) is 10.2 Å². The van der Waals surface area contributed by atoms with E-state index in [4.69, 9.17) is 0 Å². The molecule has 0 spiro atoms. The van der Waals surface area contributed by atoms with E-state index < -0.39 is 0 Å². The monoisotopic (exact) mass is 251 g/mol. The van der Waals surface area contributed by atoms with E-state index in [1.165, 1.54) is 11.3 Å². The number of rotatable bonds is 1. The van der Waals surface area contributed by atoms with Gasteiger partial charge in [-0.25, -0.2) is 4.98 Å². The number of nitrogens with zero attached hydrogens (tertiary/aromatic N) is 4. The van der Waals surface area contributed by atoms with Crippen LogP contribution in [-0.2, 0) is 6.42 Å². The molecular weight excluding hydrogens is 238 g/mol. The van der Waals surface area contributed by atoms with E-state index in [-0.39, 0.29) is 0 Å². The molecule has 0 unspecified atom stereocenters. The second-order valence-electron chi connectivity index (χ2n) is 4.68. The van der Waals surface area contributed by atoms with Crippen LogP contribution in [-0.4, -0.2) is 26.1 Å². The van der Waals surface area contributed by atoms with E-state index in [0.717, 1.165) is 30.8 Å². The van der Waals surface area contributed by atoms with E-state index in [1.54, 1.807) is 6.20 Å². The van der Waals surface area contributed by atoms with E-state index in [1.807, 2.05) is 16.7 Å². The van der Waals surface area contributed by atoms with Gasteiger partial charge in [-0.3, -0.25) is 4.40 Å². The number of aromatic nitrogens is 4. The van der Waals surface area contributed by atoms with Gasteiger partial charge in [-0.1, -0.05) is 12.1 Å². The van der Waals surface area contributed by atoms with Crippen molar-refractivity contribution < 1.29 is 0 Å². The molecule has 1 aromatic carbocycles. The van der Waals surface area contributed by atoms with E-state index in [2.05, 4.69) is 38.7 Å². The predicted octanol–water partition coefficient (Wildman–Crippen LogP) is 2.15. The lowest BCUT2D eigenvalue weighted by atomic mass is 9.97. The molecule has 3 heterocycles. The first kappa shape index (κ1) is 10.5. The fourth-order valence-corrected chi connectivity index (χ4v) is 2.65. The van der Waals surface area contributed by atoms with Gasteiger partial charge >= 0.3 is 0 Å². The highest BCUT2D eigenvalue weighted by atomic mass is 15.3. The third-order valence-electron chi connectivity index (χ3n) is 3.52. The summed E-state index contributed by atoms with van der Waals surface area (Å²) >= 11 is 0. The van der Waals surface area contributed by atoms with Crippen molar-refractivity contribution in [3.8, 4) is 11.4 Å². The standard InChI is InChI=1S/C14H13N5/c1-4-11(10-5-2-7-15-12(10)6-1)13-17-18-14-16-8-3-9-19(13)14/h1,3-4,6,8-9,15H,2,5,7H2. The maximum atomic E-state index is 4.30. The zero-order chi connectivity index (χ0) is 12.7. The Morgan fingerprint density at radius 1 is 1.16 bits per heavy atom. The zero-order valence-corrected chi connectivity index (χ0v) is 10.4. The number of hydrogen-bond acceptors (Lipinski definition) is 4. The summed E-state index contributed by atoms with van der Waals surface area (Å²) in [5.41, 5.74) is 3.68. The molecule has 0 radical (unpaired) electrons. The van der Waals surface area contributed by atoms with E-state index >= 15 is 0 Å². The summed E-state index contributed by atoms with van der Waals surface area (Å²) < 4.78 is 1.93. The van der Waals surface area contributed by atoms with Gasteiger partial charge in [0.25, 0.3) is 5.78 Å². The first-order valence-corrected chi connectivity index (χ1v) is 6.45. The van der Waals surface area contributed by atoms with Crippen LogP contribution in [0.25, 0.3) is 17.2 Å². The van der Waals surface area contributed by atoms with Crippen molar-refractivity contribution >= 4 is 11.5 Å². The van der Waals surface area contributed by atoms with Gasteiger partial charge in [0.15, 0.2) is 5.82 Å². The molecule has 0 saturated heterocycles. The number of fused-ring (bicyclic) bond motifs is 2. The Bertz CT molecular complexity index is 746. The number of anilines is 1. The Morgan fingerprint density at radius 2 is 2.16 bits per heavy atom. The first-order valence-electron chi connectivity index (χ1n) is 6.45. The maximum Gasteiger partial charge on any atom is 0.255 e. The van der Waals surface area contributed by atoms with Gasteiger partial charge in [-0.2, -0.15) is 0 Å². The quantitative estimate of drug-likeness (QED) is 0.720. The molecule has 0 bridgehead atoms. The number of benzene rings is 1. The molecule has 19 heavy (non-hydrogen) atoms. The van der Waals surface area contributed by atoms with Crippen molar-refractivity contribution in [1.82, 2.24) is 19.6 Å². The molecule has 1 aliphatic heterocycles. The second-order valence-corrected chi connectivity index (χ2v) is 4.68. The summed E-state index contributed by atoms with van der Waals surface area (Å²) in [6.07, 6.45) is 5.91. The van der Waals surface area contributed by atoms with Gasteiger partial charge in [0.1, 0.15) is 0 Å². The molecule has 5 nitrogen and oxygen atoms in total. The van der Waals surface area contributed by atoms with Crippen LogP contribution in [0.4, 0.5) is 5.69 Å². The first-order chi connectivity index (χ1) is 9.43. The smallest absolute Gasteiger partial charge is 0.255 e. The molecule has 0 fully saturated rings. The van der Waals surface area contributed by atoms with Crippen LogP contribution in [0.1, 0.15) is 12.0 Å². The minimum absolute atomic E-state index is 0.638. The molecule has 0 saturated carbocycles. The van der Waals surface area contributed by atoms with Gasteiger partial charge in [0, 0.05) is 30.2 Å². The molecule has 0 aliphatic carbocycles. The minimum atomic E-state index is 0.638. The van der Waals surface area contributed by atoms with Gasteiger partial charge < -0.3 is 5.32 Å². The largest absolute Gasteiger partial charge is 0.385 e. The van der Waals surface area contributed by atoms with E-state index in [9.17, 15) is 0 Å². The summed E-state index contributed by atoms with van der Waals surface area (Å²) in [5.74, 6) is 1.50. The zero-order valence-electron chi connectivity index (χ0n) is 10.4. The molecule has 4 rings (SSSR count). The fraction of sp³-hybridized carbons (Fsp3) is 0.214. The molecule has 3 aromatic rings. The third kappa shape index (κ3) is 1.58. The molecule has 1 N–H and O–H groups in total. The highest BCUT2D eigenvalue weighted by molar-refractivity contribution is 5.71. The predicted molar refractivity (Wildman–Crippen MR) is 73.0 cm³/mol. The SMILES string of the molecule is c1cc2c(c(-c3nnc4ncccn34)c1)CCCN2. The van der Waals surface area contributed by atoms with Crippen molar-refractivity contribution in [2.45, 2.75) is 12.8 Å². The van der Waals surface area contributed by atoms with Crippen LogP contribution in [0.5, 0.6) is 0 Å². The Labute approximate surface area is 110 Å². The van der Waals surface area contributed by atoms with Crippen LogP contribution in [0.2, 0.25) is 0 Å². The number of nitrogens with one attached hydrogen (secondary N) is 1. The van der Waals surface area contributed by atoms with Crippen LogP contribution < -0.4 is 5.32 Å². The Morgan fingerprint density at radius 3 is 3.16 bits per heavy atom. The Kier molecular flexibility index (Phi) is 2.24. The van der Waals surface area contributed by atoms with Crippen molar-refractivity contribution in [2.24, 2.45) is 0 Å². The fourth-order valence-electron chi connectivity index (χ4n) is 2.65. The topological polar surface area (TPSA) is 55.1 Å². The highest BCUT2D eigenvalue weighted by Crippen LogP contribution is 2.31. The lowest BCUT2D eigenvalue weighted by molar-refractivity contribution is 0.830. The summed E-state index contributed by atoms with van der Waals surface area (Å²) in [4.78, 5) is 4.21. The van der Waals surface area contributed by atoms with Crippen LogP contribution in [0.3, 0.4) is 0 Å². The van der Waals surface area contributed by atoms with Crippen molar-refractivity contribution in [2.75, 3.05) is 11.9 Å². The summed E-state index contributed by atoms with van der Waals surface area (Å²) in [5, 5.41) is 11.9.